The van der Waals surface area contributed by atoms with E-state index in [2.05, 4.69) is 11.8 Å². The van der Waals surface area contributed by atoms with E-state index in [1.54, 1.807) is 30.3 Å². The molecule has 0 unspecified atom stereocenters. The highest BCUT2D eigenvalue weighted by atomic mass is 16.2. The second-order valence-electron chi connectivity index (χ2n) is 2.76. The molecule has 3 nitrogen and oxygen atoms in total. The van der Waals surface area contributed by atoms with Gasteiger partial charge in [0, 0.05) is 11.1 Å². The average molecular weight is 199 g/mol. The minimum Gasteiger partial charge on any atom is -0.384 e. The maximum Gasteiger partial charge on any atom is 0.178 e. The highest BCUT2D eigenvalue weighted by Crippen LogP contribution is 2.09. The molecule has 0 bridgehead atoms. The molecule has 0 amide bonds. The Hall–Kier alpha value is -2.10. The molecule has 0 aromatic heterocycles. The van der Waals surface area contributed by atoms with Crippen molar-refractivity contribution in [2.45, 2.75) is 6.42 Å². The molecule has 0 spiro atoms. The summed E-state index contributed by atoms with van der Waals surface area (Å²) >= 11 is 0. The van der Waals surface area contributed by atoms with Crippen LogP contribution in [0, 0.1) is 23.2 Å². The molecule has 74 valence electrons. The maximum atomic E-state index is 11.5. The highest BCUT2D eigenvalue weighted by molar-refractivity contribution is 5.99. The molecular weight excluding hydrogens is 190 g/mol. The van der Waals surface area contributed by atoms with Crippen molar-refractivity contribution in [1.82, 2.24) is 0 Å². The topological polar surface area (TPSA) is 61.1 Å². The van der Waals surface area contributed by atoms with E-state index in [0.717, 1.165) is 0 Å². The first kappa shape index (κ1) is 11.0. The van der Waals surface area contributed by atoms with Gasteiger partial charge in [-0.05, 0) is 6.07 Å². The number of hydrogen-bond acceptors (Lipinski definition) is 3. The number of Topliss-reactive ketones (excluding diaryl/α,β-unsaturated/α-hetero) is 1. The number of carbonyl (C=O) groups is 1. The quantitative estimate of drug-likeness (QED) is 0.573. The minimum absolute atomic E-state index is 0.155. The van der Waals surface area contributed by atoms with Gasteiger partial charge in [0.25, 0.3) is 0 Å². The Morgan fingerprint density at radius 3 is 2.80 bits per heavy atom. The molecule has 1 aromatic rings. The zero-order valence-corrected chi connectivity index (χ0v) is 8.03. The lowest BCUT2D eigenvalue weighted by Crippen LogP contribution is -2.00. The fourth-order valence-electron chi connectivity index (χ4n) is 1.14. The summed E-state index contributed by atoms with van der Waals surface area (Å²) in [5.41, 5.74) is 0.979. The van der Waals surface area contributed by atoms with Gasteiger partial charge < -0.3 is 5.11 Å². The molecule has 1 rings (SSSR count). The first-order valence-corrected chi connectivity index (χ1v) is 4.38. The molecular formula is C12H9NO2. The zero-order valence-electron chi connectivity index (χ0n) is 8.03. The van der Waals surface area contributed by atoms with E-state index in [1.807, 2.05) is 0 Å². The standard InChI is InChI=1S/C12H9NO2/c13-8-7-12(15)11-6-2-1-4-10(11)5-3-9-14/h1-2,4,6,14H,7,9H2. The summed E-state index contributed by atoms with van der Waals surface area (Å²) in [7, 11) is 0. The van der Waals surface area contributed by atoms with E-state index in [0.29, 0.717) is 11.1 Å². The van der Waals surface area contributed by atoms with Crippen LogP contribution in [0.15, 0.2) is 24.3 Å². The van der Waals surface area contributed by atoms with Gasteiger partial charge in [-0.3, -0.25) is 4.79 Å². The summed E-state index contributed by atoms with van der Waals surface area (Å²) in [6.07, 6.45) is -0.155. The lowest BCUT2D eigenvalue weighted by atomic mass is 10.0. The van der Waals surface area contributed by atoms with Gasteiger partial charge in [0.15, 0.2) is 5.78 Å². The number of rotatable bonds is 2. The van der Waals surface area contributed by atoms with Crippen molar-refractivity contribution >= 4 is 5.78 Å². The van der Waals surface area contributed by atoms with Crippen molar-refractivity contribution in [3.8, 4) is 17.9 Å². The molecule has 0 saturated heterocycles. The summed E-state index contributed by atoms with van der Waals surface area (Å²) in [4.78, 5) is 11.5. The first-order valence-electron chi connectivity index (χ1n) is 4.38. The number of benzene rings is 1. The number of hydrogen-bond donors (Lipinski definition) is 1. The Balaban J connectivity index is 3.07. The summed E-state index contributed by atoms with van der Waals surface area (Å²) in [6, 6.07) is 8.59. The molecule has 0 aliphatic rings. The Labute approximate surface area is 88.0 Å². The van der Waals surface area contributed by atoms with E-state index in [-0.39, 0.29) is 18.8 Å². The van der Waals surface area contributed by atoms with Gasteiger partial charge in [-0.15, -0.1) is 0 Å². The second kappa shape index (κ2) is 5.59. The third kappa shape index (κ3) is 2.95. The van der Waals surface area contributed by atoms with Crippen LogP contribution in [0.4, 0.5) is 0 Å². The summed E-state index contributed by atoms with van der Waals surface area (Å²) in [5, 5.41) is 17.0. The average Bonchev–Trinajstić information content (AvgIpc) is 2.27. The molecule has 0 aliphatic heterocycles. The van der Waals surface area contributed by atoms with Crippen molar-refractivity contribution in [3.05, 3.63) is 35.4 Å². The van der Waals surface area contributed by atoms with Crippen LogP contribution in [0.1, 0.15) is 22.3 Å². The normalized spacial score (nSPS) is 8.53. The molecule has 0 radical (unpaired) electrons. The van der Waals surface area contributed by atoms with Crippen LogP contribution in [0.3, 0.4) is 0 Å². The van der Waals surface area contributed by atoms with Gasteiger partial charge in [-0.2, -0.15) is 5.26 Å². The molecule has 0 aliphatic carbocycles. The molecule has 1 N–H and O–H groups in total. The van der Waals surface area contributed by atoms with Crippen LogP contribution in [0.5, 0.6) is 0 Å². The maximum absolute atomic E-state index is 11.5. The van der Waals surface area contributed by atoms with Gasteiger partial charge in [0.05, 0.1) is 12.5 Å². The van der Waals surface area contributed by atoms with Crippen molar-refractivity contribution in [3.63, 3.8) is 0 Å². The second-order valence-corrected chi connectivity index (χ2v) is 2.76. The van der Waals surface area contributed by atoms with E-state index in [1.165, 1.54) is 0 Å². The minimum atomic E-state index is -0.250. The van der Waals surface area contributed by atoms with Crippen LogP contribution < -0.4 is 0 Å². The Morgan fingerprint density at radius 2 is 2.13 bits per heavy atom. The number of aliphatic hydroxyl groups excluding tert-OH is 1. The SMILES string of the molecule is N#CCC(=O)c1ccccc1C#CCO. The number of ketones is 1. The van der Waals surface area contributed by atoms with Gasteiger partial charge in [-0.1, -0.05) is 30.0 Å². The van der Waals surface area contributed by atoms with Crippen molar-refractivity contribution in [2.75, 3.05) is 6.61 Å². The van der Waals surface area contributed by atoms with Crippen molar-refractivity contribution in [1.29, 1.82) is 5.26 Å². The van der Waals surface area contributed by atoms with Gasteiger partial charge in [-0.25, -0.2) is 0 Å². The van der Waals surface area contributed by atoms with E-state index in [9.17, 15) is 4.79 Å². The lowest BCUT2D eigenvalue weighted by Gasteiger charge is -1.99. The molecule has 3 heteroatoms. The highest BCUT2D eigenvalue weighted by Gasteiger charge is 2.08. The Morgan fingerprint density at radius 1 is 1.40 bits per heavy atom. The zero-order chi connectivity index (χ0) is 11.1. The number of nitriles is 1. The number of carbonyl (C=O) groups excluding carboxylic acids is 1. The molecule has 1 aromatic carbocycles. The Bertz CT molecular complexity index is 460. The monoisotopic (exact) mass is 199 g/mol. The van der Waals surface area contributed by atoms with Crippen molar-refractivity contribution in [2.24, 2.45) is 0 Å². The summed E-state index contributed by atoms with van der Waals surface area (Å²) < 4.78 is 0. The molecule has 0 fully saturated rings. The first-order chi connectivity index (χ1) is 7.29. The van der Waals surface area contributed by atoms with Gasteiger partial charge in [0.1, 0.15) is 6.61 Å². The third-order valence-corrected chi connectivity index (χ3v) is 1.77. The molecule has 0 saturated carbocycles. The number of aliphatic hydroxyl groups is 1. The largest absolute Gasteiger partial charge is 0.384 e. The van der Waals surface area contributed by atoms with Crippen LogP contribution >= 0.6 is 0 Å². The van der Waals surface area contributed by atoms with Crippen LogP contribution in [-0.2, 0) is 0 Å². The lowest BCUT2D eigenvalue weighted by molar-refractivity contribution is 0.0997. The molecule has 0 heterocycles. The van der Waals surface area contributed by atoms with Gasteiger partial charge >= 0.3 is 0 Å². The predicted octanol–water partition coefficient (Wildman–Crippen LogP) is 1.13. The number of nitrogens with zero attached hydrogens (tertiary/aromatic N) is 1. The fraction of sp³-hybridized carbons (Fsp3) is 0.167. The predicted molar refractivity (Wildman–Crippen MR) is 55.0 cm³/mol. The van der Waals surface area contributed by atoms with Crippen LogP contribution in [0.2, 0.25) is 0 Å². The van der Waals surface area contributed by atoms with Crippen molar-refractivity contribution < 1.29 is 9.90 Å². The van der Waals surface area contributed by atoms with Crippen LogP contribution in [-0.4, -0.2) is 17.5 Å². The van der Waals surface area contributed by atoms with E-state index < -0.39 is 0 Å². The molecule has 0 atom stereocenters. The fourth-order valence-corrected chi connectivity index (χ4v) is 1.14. The van der Waals surface area contributed by atoms with E-state index >= 15 is 0 Å². The van der Waals surface area contributed by atoms with Crippen LogP contribution in [0.25, 0.3) is 0 Å². The smallest absolute Gasteiger partial charge is 0.178 e. The van der Waals surface area contributed by atoms with Gasteiger partial charge in [0.2, 0.25) is 0 Å². The molecule has 15 heavy (non-hydrogen) atoms. The Kier molecular flexibility index (Phi) is 4.09. The third-order valence-electron chi connectivity index (χ3n) is 1.77. The van der Waals surface area contributed by atoms with E-state index in [4.69, 9.17) is 10.4 Å². The summed E-state index contributed by atoms with van der Waals surface area (Å²) in [5.74, 6) is 4.89. The summed E-state index contributed by atoms with van der Waals surface area (Å²) in [6.45, 7) is -0.249.